The molecule has 2 heterocycles. The Morgan fingerprint density at radius 2 is 2.15 bits per heavy atom. The number of aromatic nitrogens is 2. The van der Waals surface area contributed by atoms with E-state index >= 15 is 0 Å². The summed E-state index contributed by atoms with van der Waals surface area (Å²) >= 11 is 5.96. The summed E-state index contributed by atoms with van der Waals surface area (Å²) < 4.78 is 5.08. The molecule has 0 bridgehead atoms. The van der Waals surface area contributed by atoms with Gasteiger partial charge in [-0.05, 0) is 42.5 Å². The summed E-state index contributed by atoms with van der Waals surface area (Å²) in [7, 11) is 1.56. The van der Waals surface area contributed by atoms with Crippen molar-refractivity contribution in [1.29, 1.82) is 0 Å². The molecule has 2 aromatic rings. The summed E-state index contributed by atoms with van der Waals surface area (Å²) in [6, 6.07) is 9.82. The first-order valence-electron chi connectivity index (χ1n) is 8.77. The van der Waals surface area contributed by atoms with Gasteiger partial charge in [-0.3, -0.25) is 4.79 Å². The van der Waals surface area contributed by atoms with Gasteiger partial charge in [0.15, 0.2) is 0 Å². The fraction of sp³-hybridized carbons (Fsp3) is 0.421. The molecule has 1 aliphatic rings. The maximum atomic E-state index is 12.2. The Bertz CT molecular complexity index is 748. The molecule has 0 saturated carbocycles. The lowest BCUT2D eigenvalue weighted by Gasteiger charge is -2.32. The number of halogens is 1. The van der Waals surface area contributed by atoms with Crippen LogP contribution in [0.15, 0.2) is 36.5 Å². The number of ether oxygens (including phenoxy) is 1. The number of methoxy groups -OCH3 is 1. The van der Waals surface area contributed by atoms with Crippen LogP contribution in [-0.4, -0.2) is 36.1 Å². The van der Waals surface area contributed by atoms with Crippen molar-refractivity contribution in [1.82, 2.24) is 15.3 Å². The molecule has 138 valence electrons. The van der Waals surface area contributed by atoms with Crippen LogP contribution in [0.5, 0.6) is 6.01 Å². The number of piperidine rings is 1. The lowest BCUT2D eigenvalue weighted by molar-refractivity contribution is -0.122. The molecule has 1 amide bonds. The molecule has 1 aromatic carbocycles. The van der Waals surface area contributed by atoms with Crippen LogP contribution in [0.2, 0.25) is 5.02 Å². The zero-order chi connectivity index (χ0) is 18.4. The number of benzene rings is 1. The Balaban J connectivity index is 1.44. The number of hydrogen-bond acceptors (Lipinski definition) is 5. The first kappa shape index (κ1) is 18.5. The highest BCUT2D eigenvalue weighted by atomic mass is 35.5. The van der Waals surface area contributed by atoms with Crippen molar-refractivity contribution in [2.75, 3.05) is 25.1 Å². The monoisotopic (exact) mass is 374 g/mol. The van der Waals surface area contributed by atoms with Gasteiger partial charge in [0.05, 0.1) is 7.11 Å². The number of carbonyl (C=O) groups is 1. The van der Waals surface area contributed by atoms with Crippen LogP contribution in [-0.2, 0) is 11.3 Å². The molecule has 3 rings (SSSR count). The number of anilines is 1. The fourth-order valence-electron chi connectivity index (χ4n) is 3.15. The average Bonchev–Trinajstić information content (AvgIpc) is 2.67. The number of nitrogens with one attached hydrogen (secondary N) is 1. The van der Waals surface area contributed by atoms with Gasteiger partial charge in [-0.15, -0.1) is 0 Å². The van der Waals surface area contributed by atoms with Crippen LogP contribution < -0.4 is 15.0 Å². The van der Waals surface area contributed by atoms with Crippen molar-refractivity contribution in [3.05, 3.63) is 47.1 Å². The SMILES string of the molecule is COc1nccc(N2CCC(CC(=O)NCc3cccc(Cl)c3)CC2)n1. The van der Waals surface area contributed by atoms with E-state index < -0.39 is 0 Å². The van der Waals surface area contributed by atoms with Crippen LogP contribution in [0.3, 0.4) is 0 Å². The summed E-state index contributed by atoms with van der Waals surface area (Å²) in [5, 5.41) is 3.67. The van der Waals surface area contributed by atoms with Crippen molar-refractivity contribution < 1.29 is 9.53 Å². The Morgan fingerprint density at radius 3 is 2.88 bits per heavy atom. The van der Waals surface area contributed by atoms with Gasteiger partial charge in [-0.25, -0.2) is 4.98 Å². The van der Waals surface area contributed by atoms with E-state index in [4.69, 9.17) is 16.3 Å². The van der Waals surface area contributed by atoms with Crippen molar-refractivity contribution >= 4 is 23.3 Å². The van der Waals surface area contributed by atoms with E-state index in [2.05, 4.69) is 20.2 Å². The Hall–Kier alpha value is -2.34. The van der Waals surface area contributed by atoms with E-state index in [1.54, 1.807) is 13.3 Å². The van der Waals surface area contributed by atoms with Crippen molar-refractivity contribution in [2.24, 2.45) is 5.92 Å². The Labute approximate surface area is 158 Å². The zero-order valence-electron chi connectivity index (χ0n) is 14.8. The number of hydrogen-bond donors (Lipinski definition) is 1. The van der Waals surface area contributed by atoms with E-state index in [1.807, 2.05) is 30.3 Å². The third kappa shape index (κ3) is 5.08. The molecule has 0 atom stereocenters. The molecule has 0 spiro atoms. The second-order valence-corrected chi connectivity index (χ2v) is 6.88. The summed E-state index contributed by atoms with van der Waals surface area (Å²) in [6.45, 7) is 2.28. The molecule has 0 radical (unpaired) electrons. The zero-order valence-corrected chi connectivity index (χ0v) is 15.6. The standard InChI is InChI=1S/C19H23ClN4O2/c1-26-19-21-8-5-17(23-19)24-9-6-14(7-10-24)12-18(25)22-13-15-3-2-4-16(20)11-15/h2-5,8,11,14H,6-7,9-10,12-13H2,1H3,(H,22,25). The molecule has 1 saturated heterocycles. The van der Waals surface area contributed by atoms with Gasteiger partial charge in [-0.1, -0.05) is 23.7 Å². The largest absolute Gasteiger partial charge is 0.467 e. The summed E-state index contributed by atoms with van der Waals surface area (Å²) in [6.07, 6.45) is 4.20. The van der Waals surface area contributed by atoms with Gasteiger partial charge in [-0.2, -0.15) is 4.98 Å². The number of carbonyl (C=O) groups excluding carboxylic acids is 1. The smallest absolute Gasteiger partial charge is 0.318 e. The van der Waals surface area contributed by atoms with Gasteiger partial charge in [0.25, 0.3) is 0 Å². The highest BCUT2D eigenvalue weighted by Crippen LogP contribution is 2.24. The third-order valence-electron chi connectivity index (χ3n) is 4.59. The Morgan fingerprint density at radius 1 is 1.35 bits per heavy atom. The lowest BCUT2D eigenvalue weighted by Crippen LogP contribution is -2.36. The molecule has 1 aromatic heterocycles. The van der Waals surface area contributed by atoms with Crippen LogP contribution in [0.4, 0.5) is 5.82 Å². The lowest BCUT2D eigenvalue weighted by atomic mass is 9.93. The molecule has 0 aliphatic carbocycles. The van der Waals surface area contributed by atoms with Crippen LogP contribution in [0.25, 0.3) is 0 Å². The first-order chi connectivity index (χ1) is 12.6. The molecular weight excluding hydrogens is 352 g/mol. The maximum absolute atomic E-state index is 12.2. The van der Waals surface area contributed by atoms with Gasteiger partial charge >= 0.3 is 6.01 Å². The van der Waals surface area contributed by atoms with E-state index in [9.17, 15) is 4.79 Å². The molecule has 6 nitrogen and oxygen atoms in total. The quantitative estimate of drug-likeness (QED) is 0.841. The Kier molecular flexibility index (Phi) is 6.28. The average molecular weight is 375 g/mol. The van der Waals surface area contributed by atoms with Crippen molar-refractivity contribution in [2.45, 2.75) is 25.8 Å². The molecule has 1 aliphatic heterocycles. The van der Waals surface area contributed by atoms with E-state index in [-0.39, 0.29) is 5.91 Å². The van der Waals surface area contributed by atoms with Crippen LogP contribution >= 0.6 is 11.6 Å². The number of rotatable bonds is 6. The second kappa shape index (κ2) is 8.85. The molecule has 1 N–H and O–H groups in total. The minimum atomic E-state index is 0.0899. The second-order valence-electron chi connectivity index (χ2n) is 6.44. The number of amides is 1. The van der Waals surface area contributed by atoms with E-state index in [0.29, 0.717) is 29.9 Å². The van der Waals surface area contributed by atoms with Gasteiger partial charge in [0.2, 0.25) is 5.91 Å². The van der Waals surface area contributed by atoms with Crippen LogP contribution in [0.1, 0.15) is 24.8 Å². The first-order valence-corrected chi connectivity index (χ1v) is 9.15. The maximum Gasteiger partial charge on any atom is 0.318 e. The molecule has 0 unspecified atom stereocenters. The van der Waals surface area contributed by atoms with E-state index in [1.165, 1.54) is 0 Å². The minimum absolute atomic E-state index is 0.0899. The third-order valence-corrected chi connectivity index (χ3v) is 4.83. The van der Waals surface area contributed by atoms with Gasteiger partial charge in [0, 0.05) is 37.3 Å². The predicted molar refractivity (Wildman–Crippen MR) is 101 cm³/mol. The van der Waals surface area contributed by atoms with Gasteiger partial charge < -0.3 is 15.0 Å². The number of nitrogens with zero attached hydrogens (tertiary/aromatic N) is 3. The highest BCUT2D eigenvalue weighted by Gasteiger charge is 2.22. The summed E-state index contributed by atoms with van der Waals surface area (Å²) in [5.74, 6) is 1.36. The molecule has 1 fully saturated rings. The molecule has 7 heteroatoms. The van der Waals surface area contributed by atoms with Crippen molar-refractivity contribution in [3.63, 3.8) is 0 Å². The van der Waals surface area contributed by atoms with E-state index in [0.717, 1.165) is 37.3 Å². The predicted octanol–water partition coefficient (Wildman–Crippen LogP) is 3.06. The normalized spacial score (nSPS) is 14.9. The summed E-state index contributed by atoms with van der Waals surface area (Å²) in [5.41, 5.74) is 1.01. The van der Waals surface area contributed by atoms with Gasteiger partial charge in [0.1, 0.15) is 5.82 Å². The highest BCUT2D eigenvalue weighted by molar-refractivity contribution is 6.30. The minimum Gasteiger partial charge on any atom is -0.467 e. The fourth-order valence-corrected chi connectivity index (χ4v) is 3.37. The topological polar surface area (TPSA) is 67.3 Å². The summed E-state index contributed by atoms with van der Waals surface area (Å²) in [4.78, 5) is 22.8. The van der Waals surface area contributed by atoms with Crippen molar-refractivity contribution in [3.8, 4) is 6.01 Å². The van der Waals surface area contributed by atoms with Crippen LogP contribution in [0, 0.1) is 5.92 Å². The molecule has 26 heavy (non-hydrogen) atoms. The molecular formula is C19H23ClN4O2.